The van der Waals surface area contributed by atoms with E-state index in [1.807, 2.05) is 0 Å². The van der Waals surface area contributed by atoms with Crippen molar-refractivity contribution in [1.29, 1.82) is 0 Å². The zero-order valence-electron chi connectivity index (χ0n) is 10.5. The number of aromatic nitrogens is 2. The summed E-state index contributed by atoms with van der Waals surface area (Å²) in [5.41, 5.74) is 0. The summed E-state index contributed by atoms with van der Waals surface area (Å²) in [5.74, 6) is -0.652. The topological polar surface area (TPSA) is 50.3 Å². The van der Waals surface area contributed by atoms with E-state index in [0.29, 0.717) is 32.8 Å². The number of alkyl halides is 3. The van der Waals surface area contributed by atoms with Crippen molar-refractivity contribution in [2.45, 2.75) is 13.1 Å². The Morgan fingerprint density at radius 1 is 1.32 bits per heavy atom. The largest absolute Gasteiger partial charge is 0.451 e. The fraction of sp³-hybridized carbons (Fsp3) is 0.636. The predicted molar refractivity (Wildman–Crippen MR) is 64.2 cm³/mol. The van der Waals surface area contributed by atoms with Crippen molar-refractivity contribution in [3.05, 3.63) is 11.9 Å². The van der Waals surface area contributed by atoms with Crippen LogP contribution in [0.1, 0.15) is 12.7 Å². The van der Waals surface area contributed by atoms with E-state index in [2.05, 4.69) is 15.3 Å². The molecule has 106 valence electrons. The molecule has 0 radical (unpaired) electrons. The number of hydrogen-bond acceptors (Lipinski definition) is 5. The van der Waals surface area contributed by atoms with Crippen molar-refractivity contribution in [3.63, 3.8) is 0 Å². The number of anilines is 2. The average molecular weight is 276 g/mol. The second-order valence-electron chi connectivity index (χ2n) is 4.06. The van der Waals surface area contributed by atoms with E-state index in [0.717, 1.165) is 0 Å². The van der Waals surface area contributed by atoms with E-state index in [1.165, 1.54) is 6.07 Å². The van der Waals surface area contributed by atoms with Crippen molar-refractivity contribution in [2.24, 2.45) is 0 Å². The molecule has 1 aromatic heterocycles. The normalized spacial score (nSPS) is 16.5. The predicted octanol–water partition coefficient (Wildman–Crippen LogP) is 1.76. The van der Waals surface area contributed by atoms with Gasteiger partial charge in [0.15, 0.2) is 0 Å². The van der Waals surface area contributed by atoms with Crippen LogP contribution in [0, 0.1) is 0 Å². The van der Waals surface area contributed by atoms with E-state index < -0.39 is 12.0 Å². The Hall–Kier alpha value is -1.57. The molecule has 0 atom stereocenters. The molecular formula is C11H15F3N4O. The summed E-state index contributed by atoms with van der Waals surface area (Å²) in [6.45, 7) is 4.32. The first-order valence-electron chi connectivity index (χ1n) is 6.03. The molecule has 2 heterocycles. The molecule has 8 heteroatoms. The van der Waals surface area contributed by atoms with Crippen LogP contribution in [0.3, 0.4) is 0 Å². The first-order valence-corrected chi connectivity index (χ1v) is 6.03. The molecule has 1 aromatic rings. The summed E-state index contributed by atoms with van der Waals surface area (Å²) in [4.78, 5) is 8.85. The highest BCUT2D eigenvalue weighted by Crippen LogP contribution is 2.29. The number of nitrogens with zero attached hydrogens (tertiary/aromatic N) is 3. The van der Waals surface area contributed by atoms with E-state index in [1.54, 1.807) is 11.8 Å². The van der Waals surface area contributed by atoms with E-state index in [-0.39, 0.29) is 11.6 Å². The smallest absolute Gasteiger partial charge is 0.378 e. The number of ether oxygens (including phenoxy) is 1. The number of morpholine rings is 1. The molecule has 1 aliphatic heterocycles. The van der Waals surface area contributed by atoms with Gasteiger partial charge >= 0.3 is 6.18 Å². The quantitative estimate of drug-likeness (QED) is 0.911. The number of nitrogens with one attached hydrogen (secondary N) is 1. The minimum atomic E-state index is -4.55. The zero-order chi connectivity index (χ0) is 13.9. The molecule has 1 saturated heterocycles. The lowest BCUT2D eigenvalue weighted by molar-refractivity contribution is -0.144. The van der Waals surface area contributed by atoms with Gasteiger partial charge in [-0.05, 0) is 6.92 Å². The zero-order valence-corrected chi connectivity index (χ0v) is 10.5. The Morgan fingerprint density at radius 3 is 2.58 bits per heavy atom. The molecule has 0 saturated carbocycles. The van der Waals surface area contributed by atoms with E-state index in [9.17, 15) is 13.2 Å². The number of hydrogen-bond donors (Lipinski definition) is 1. The molecule has 0 amide bonds. The van der Waals surface area contributed by atoms with Crippen molar-refractivity contribution in [3.8, 4) is 0 Å². The SMILES string of the molecule is CCNc1cc(N2CCOCC2)nc(C(F)(F)F)n1. The molecule has 0 aliphatic carbocycles. The summed E-state index contributed by atoms with van der Waals surface area (Å²) in [6.07, 6.45) is -4.55. The highest BCUT2D eigenvalue weighted by atomic mass is 19.4. The molecular weight excluding hydrogens is 261 g/mol. The summed E-state index contributed by atoms with van der Waals surface area (Å²) in [5, 5.41) is 2.79. The molecule has 0 unspecified atom stereocenters. The molecule has 0 bridgehead atoms. The summed E-state index contributed by atoms with van der Waals surface area (Å²) in [6, 6.07) is 1.53. The van der Waals surface area contributed by atoms with Crippen LogP contribution in [0.15, 0.2) is 6.07 Å². The lowest BCUT2D eigenvalue weighted by atomic mass is 10.3. The molecule has 1 N–H and O–H groups in total. The fourth-order valence-corrected chi connectivity index (χ4v) is 1.79. The van der Waals surface area contributed by atoms with Gasteiger partial charge in [-0.25, -0.2) is 9.97 Å². The Morgan fingerprint density at radius 2 is 2.00 bits per heavy atom. The minimum Gasteiger partial charge on any atom is -0.378 e. The Bertz CT molecular complexity index is 432. The van der Waals surface area contributed by atoms with Crippen LogP contribution >= 0.6 is 0 Å². The van der Waals surface area contributed by atoms with Crippen LogP contribution in [0.4, 0.5) is 24.8 Å². The van der Waals surface area contributed by atoms with Gasteiger partial charge in [0.1, 0.15) is 11.6 Å². The summed E-state index contributed by atoms with van der Waals surface area (Å²) in [7, 11) is 0. The highest BCUT2D eigenvalue weighted by molar-refractivity contribution is 5.50. The standard InChI is InChI=1S/C11H15F3N4O/c1-2-15-8-7-9(18-3-5-19-6-4-18)17-10(16-8)11(12,13)14/h7H,2-6H2,1H3,(H,15,16,17). The fourth-order valence-electron chi connectivity index (χ4n) is 1.79. The second-order valence-corrected chi connectivity index (χ2v) is 4.06. The van der Waals surface area contributed by atoms with Crippen molar-refractivity contribution < 1.29 is 17.9 Å². The lowest BCUT2D eigenvalue weighted by Gasteiger charge is -2.28. The molecule has 5 nitrogen and oxygen atoms in total. The van der Waals surface area contributed by atoms with Crippen molar-refractivity contribution in [1.82, 2.24) is 9.97 Å². The van der Waals surface area contributed by atoms with Crippen LogP contribution in [-0.2, 0) is 10.9 Å². The molecule has 1 fully saturated rings. The third-order valence-corrected chi connectivity index (χ3v) is 2.66. The summed E-state index contributed by atoms with van der Waals surface area (Å²) < 4.78 is 43.5. The average Bonchev–Trinajstić information content (AvgIpc) is 2.39. The van der Waals surface area contributed by atoms with Gasteiger partial charge in [-0.1, -0.05) is 0 Å². The molecule has 0 spiro atoms. The summed E-state index contributed by atoms with van der Waals surface area (Å²) >= 11 is 0. The third kappa shape index (κ3) is 3.46. The van der Waals surface area contributed by atoms with Gasteiger partial charge in [-0.2, -0.15) is 13.2 Å². The van der Waals surface area contributed by atoms with Gasteiger partial charge < -0.3 is 15.0 Å². The number of rotatable bonds is 3. The van der Waals surface area contributed by atoms with Crippen LogP contribution in [0.2, 0.25) is 0 Å². The molecule has 19 heavy (non-hydrogen) atoms. The third-order valence-electron chi connectivity index (χ3n) is 2.66. The Kier molecular flexibility index (Phi) is 4.08. The minimum absolute atomic E-state index is 0.186. The van der Waals surface area contributed by atoms with E-state index in [4.69, 9.17) is 4.74 Å². The van der Waals surface area contributed by atoms with Crippen LogP contribution in [0.25, 0.3) is 0 Å². The monoisotopic (exact) mass is 276 g/mol. The maximum absolute atomic E-state index is 12.8. The number of halogens is 3. The van der Waals surface area contributed by atoms with Gasteiger partial charge in [0.25, 0.3) is 0 Å². The van der Waals surface area contributed by atoms with Gasteiger partial charge in [0.2, 0.25) is 5.82 Å². The maximum Gasteiger partial charge on any atom is 0.451 e. The molecule has 2 rings (SSSR count). The highest BCUT2D eigenvalue weighted by Gasteiger charge is 2.36. The van der Waals surface area contributed by atoms with Crippen molar-refractivity contribution in [2.75, 3.05) is 43.1 Å². The van der Waals surface area contributed by atoms with E-state index >= 15 is 0 Å². The van der Waals surface area contributed by atoms with Crippen LogP contribution in [-0.4, -0.2) is 42.8 Å². The first-order chi connectivity index (χ1) is 9.00. The maximum atomic E-state index is 12.8. The van der Waals surface area contributed by atoms with Crippen LogP contribution < -0.4 is 10.2 Å². The molecule has 0 aromatic carbocycles. The second kappa shape index (κ2) is 5.60. The van der Waals surface area contributed by atoms with Crippen molar-refractivity contribution >= 4 is 11.6 Å². The van der Waals surface area contributed by atoms with Crippen LogP contribution in [0.5, 0.6) is 0 Å². The lowest BCUT2D eigenvalue weighted by Crippen LogP contribution is -2.37. The van der Waals surface area contributed by atoms with Gasteiger partial charge in [-0.15, -0.1) is 0 Å². The van der Waals surface area contributed by atoms with Gasteiger partial charge in [0.05, 0.1) is 13.2 Å². The Balaban J connectivity index is 2.33. The van der Waals surface area contributed by atoms with Gasteiger partial charge in [0, 0.05) is 25.7 Å². The van der Waals surface area contributed by atoms with Gasteiger partial charge in [-0.3, -0.25) is 0 Å². The Labute approximate surface area is 108 Å². The first kappa shape index (κ1) is 13.9. The molecule has 1 aliphatic rings.